The van der Waals surface area contributed by atoms with Gasteiger partial charge in [0.15, 0.2) is 0 Å². The van der Waals surface area contributed by atoms with Crippen LogP contribution in [0.25, 0.3) is 21.8 Å². The first kappa shape index (κ1) is 25.7. The number of hydrogen-bond acceptors (Lipinski definition) is 5. The summed E-state index contributed by atoms with van der Waals surface area (Å²) in [6, 6.07) is 12.5. The first-order valence-electron chi connectivity index (χ1n) is 10.8. The summed E-state index contributed by atoms with van der Waals surface area (Å²) < 4.78 is 8.78. The summed E-state index contributed by atoms with van der Waals surface area (Å²) in [4.78, 5) is 26.5. The van der Waals surface area contributed by atoms with E-state index in [0.29, 0.717) is 6.54 Å². The molecule has 0 aliphatic carbocycles. The molecule has 1 saturated heterocycles. The summed E-state index contributed by atoms with van der Waals surface area (Å²) in [6.07, 6.45) is 0.443. The van der Waals surface area contributed by atoms with Crippen molar-refractivity contribution < 1.29 is 19.4 Å². The lowest BCUT2D eigenvalue weighted by molar-refractivity contribution is -0.144. The Morgan fingerprint density at radius 2 is 1.48 bits per heavy atom. The fraction of sp³-hybridized carbons (Fsp3) is 0.417. The molecule has 9 heteroatoms. The van der Waals surface area contributed by atoms with Crippen molar-refractivity contribution in [2.75, 3.05) is 46.9 Å². The molecule has 2 heterocycles. The number of amides is 1. The lowest BCUT2D eigenvalue weighted by Gasteiger charge is -2.32. The minimum absolute atomic E-state index is 0.0495. The Kier molecular flexibility index (Phi) is 9.31. The molecule has 2 aromatic carbocycles. The molecule has 1 N–H and O–H groups in total. The molecule has 1 aliphatic heterocycles. The van der Waals surface area contributed by atoms with Gasteiger partial charge in [-0.1, -0.05) is 31.9 Å². The zero-order valence-electron chi connectivity index (χ0n) is 18.9. The number of aromatic nitrogens is 1. The molecule has 0 saturated carbocycles. The number of rotatable bonds is 5. The molecule has 1 fully saturated rings. The molecule has 1 aromatic heterocycles. The number of carbonyl (C=O) groups excluding carboxylic acids is 2. The number of likely N-dealkylation sites (N-methyl/N-ethyl adjacent to an activating group) is 1. The number of aliphatic hydroxyl groups excluding tert-OH is 1. The average molecular weight is 583 g/mol. The lowest BCUT2D eigenvalue weighted by Crippen LogP contribution is -2.47. The van der Waals surface area contributed by atoms with Gasteiger partial charge in [0, 0.05) is 69.9 Å². The number of fused-ring (bicyclic) bond motifs is 3. The Bertz CT molecular complexity index is 1060. The minimum Gasteiger partial charge on any atom is -0.469 e. The Morgan fingerprint density at radius 1 is 0.939 bits per heavy atom. The maximum atomic E-state index is 11.6. The molecule has 7 nitrogen and oxygen atoms in total. The monoisotopic (exact) mass is 581 g/mol. The predicted octanol–water partition coefficient (Wildman–Crippen LogP) is 4.03. The summed E-state index contributed by atoms with van der Waals surface area (Å²) in [5, 5.41) is 11.6. The third-order valence-corrected chi connectivity index (χ3v) is 6.73. The maximum Gasteiger partial charge on any atom is 0.306 e. The fourth-order valence-electron chi connectivity index (χ4n) is 3.91. The van der Waals surface area contributed by atoms with Crippen LogP contribution in [0.4, 0.5) is 0 Å². The van der Waals surface area contributed by atoms with Crippen LogP contribution < -0.4 is 0 Å². The molecule has 1 aliphatic rings. The highest BCUT2D eigenvalue weighted by atomic mass is 79.9. The minimum atomic E-state index is -0.322. The molecule has 0 unspecified atom stereocenters. The van der Waals surface area contributed by atoms with Crippen molar-refractivity contribution in [1.29, 1.82) is 0 Å². The summed E-state index contributed by atoms with van der Waals surface area (Å²) in [5.41, 5.74) is 2.31. The van der Waals surface area contributed by atoms with E-state index < -0.39 is 0 Å². The van der Waals surface area contributed by atoms with Crippen LogP contribution in [0.2, 0.25) is 0 Å². The van der Waals surface area contributed by atoms with Crippen LogP contribution in [0.15, 0.2) is 45.3 Å². The van der Waals surface area contributed by atoms with E-state index in [9.17, 15) is 14.7 Å². The molecule has 0 radical (unpaired) electrons. The van der Waals surface area contributed by atoms with Gasteiger partial charge in [0.1, 0.15) is 0 Å². The van der Waals surface area contributed by atoms with Gasteiger partial charge in [0.05, 0.1) is 20.1 Å². The van der Waals surface area contributed by atoms with Gasteiger partial charge >= 0.3 is 5.97 Å². The van der Waals surface area contributed by atoms with Crippen molar-refractivity contribution in [1.82, 2.24) is 14.4 Å². The molecule has 178 valence electrons. The van der Waals surface area contributed by atoms with Gasteiger partial charge in [-0.15, -0.1) is 0 Å². The number of benzene rings is 2. The summed E-state index contributed by atoms with van der Waals surface area (Å²) in [7, 11) is 3.37. The van der Waals surface area contributed by atoms with Crippen LogP contribution in [0.5, 0.6) is 0 Å². The Hall–Kier alpha value is -1.94. The molecule has 4 rings (SSSR count). The highest BCUT2D eigenvalue weighted by molar-refractivity contribution is 9.10. The SMILES string of the molecule is COC(=O)CCC(=O)N1CCN(C)CC1.OCCn1c2ccc(Br)cc2c2cc(Br)ccc21. The molecule has 3 aromatic rings. The van der Waals surface area contributed by atoms with Crippen LogP contribution in [0.3, 0.4) is 0 Å². The van der Waals surface area contributed by atoms with Gasteiger partial charge in [-0.2, -0.15) is 0 Å². The van der Waals surface area contributed by atoms with Crippen LogP contribution in [0, 0.1) is 0 Å². The molecule has 1 amide bonds. The molecule has 0 spiro atoms. The van der Waals surface area contributed by atoms with Gasteiger partial charge in [-0.25, -0.2) is 0 Å². The fourth-order valence-corrected chi connectivity index (χ4v) is 4.64. The number of aliphatic hydroxyl groups is 1. The van der Waals surface area contributed by atoms with E-state index in [0.717, 1.165) is 46.2 Å². The number of ether oxygens (including phenoxy) is 1. The first-order valence-corrected chi connectivity index (χ1v) is 12.4. The van der Waals surface area contributed by atoms with Gasteiger partial charge in [-0.3, -0.25) is 9.59 Å². The van der Waals surface area contributed by atoms with Crippen LogP contribution in [0.1, 0.15) is 12.8 Å². The zero-order valence-corrected chi connectivity index (χ0v) is 22.1. The van der Waals surface area contributed by atoms with E-state index in [-0.39, 0.29) is 31.3 Å². The van der Waals surface area contributed by atoms with Gasteiger partial charge < -0.3 is 24.2 Å². The maximum absolute atomic E-state index is 11.6. The highest BCUT2D eigenvalue weighted by Gasteiger charge is 2.19. The number of methoxy groups -OCH3 is 1. The average Bonchev–Trinajstić information content (AvgIpc) is 3.10. The van der Waals surface area contributed by atoms with E-state index in [1.807, 2.05) is 24.1 Å². The highest BCUT2D eigenvalue weighted by Crippen LogP contribution is 2.32. The van der Waals surface area contributed by atoms with E-state index >= 15 is 0 Å². The Balaban J connectivity index is 0.000000190. The van der Waals surface area contributed by atoms with Crippen LogP contribution in [-0.4, -0.2) is 78.3 Å². The number of hydrogen-bond donors (Lipinski definition) is 1. The van der Waals surface area contributed by atoms with Crippen molar-refractivity contribution in [2.24, 2.45) is 0 Å². The van der Waals surface area contributed by atoms with E-state index in [2.05, 4.69) is 70.3 Å². The first-order chi connectivity index (χ1) is 15.8. The zero-order chi connectivity index (χ0) is 24.0. The van der Waals surface area contributed by atoms with Crippen molar-refractivity contribution >= 4 is 65.5 Å². The smallest absolute Gasteiger partial charge is 0.306 e. The van der Waals surface area contributed by atoms with Crippen LogP contribution >= 0.6 is 31.9 Å². The van der Waals surface area contributed by atoms with E-state index in [1.165, 1.54) is 17.9 Å². The molecule has 33 heavy (non-hydrogen) atoms. The van der Waals surface area contributed by atoms with Gasteiger partial charge in [-0.05, 0) is 43.4 Å². The molecular weight excluding hydrogens is 554 g/mol. The van der Waals surface area contributed by atoms with Crippen molar-refractivity contribution in [2.45, 2.75) is 19.4 Å². The quantitative estimate of drug-likeness (QED) is 0.460. The van der Waals surface area contributed by atoms with Crippen LogP contribution in [-0.2, 0) is 20.9 Å². The number of carbonyl (C=O) groups is 2. The third-order valence-electron chi connectivity index (χ3n) is 5.74. The van der Waals surface area contributed by atoms with E-state index in [1.54, 1.807) is 0 Å². The largest absolute Gasteiger partial charge is 0.469 e. The lowest BCUT2D eigenvalue weighted by atomic mass is 10.2. The number of piperazine rings is 1. The van der Waals surface area contributed by atoms with Crippen molar-refractivity contribution in [3.8, 4) is 0 Å². The van der Waals surface area contributed by atoms with Crippen molar-refractivity contribution in [3.05, 3.63) is 45.3 Å². The normalized spacial score (nSPS) is 14.3. The second kappa shape index (κ2) is 12.0. The van der Waals surface area contributed by atoms with Gasteiger partial charge in [0.25, 0.3) is 0 Å². The summed E-state index contributed by atoms with van der Waals surface area (Å²) >= 11 is 7.03. The topological polar surface area (TPSA) is 75.0 Å². The Labute approximate surface area is 210 Å². The second-order valence-corrected chi connectivity index (χ2v) is 9.79. The second-order valence-electron chi connectivity index (χ2n) is 7.96. The molecule has 0 atom stereocenters. The van der Waals surface area contributed by atoms with Gasteiger partial charge in [0.2, 0.25) is 5.91 Å². The Morgan fingerprint density at radius 3 is 1.97 bits per heavy atom. The van der Waals surface area contributed by atoms with Crippen molar-refractivity contribution in [3.63, 3.8) is 0 Å². The number of nitrogens with zero attached hydrogens (tertiary/aromatic N) is 3. The molecule has 0 bridgehead atoms. The standard InChI is InChI=1S/C14H11Br2NO.C10H18N2O3/c15-9-1-3-13-11(7-9)12-8-10(16)2-4-14(12)17(13)5-6-18;1-11-5-7-12(8-6-11)9(13)3-4-10(14)15-2/h1-4,7-8,18H,5-6H2;3-8H2,1-2H3. The van der Waals surface area contributed by atoms with E-state index in [4.69, 9.17) is 0 Å². The number of halogens is 2. The third kappa shape index (κ3) is 6.56. The predicted molar refractivity (Wildman–Crippen MR) is 137 cm³/mol. The number of esters is 1. The summed E-state index contributed by atoms with van der Waals surface area (Å²) in [5.74, 6) is -0.272. The molecular formula is C24H29Br2N3O4. The summed E-state index contributed by atoms with van der Waals surface area (Å²) in [6.45, 7) is 4.09.